The average Bonchev–Trinajstić information content (AvgIpc) is 3.70. The first-order valence-corrected chi connectivity index (χ1v) is 18.9. The van der Waals surface area contributed by atoms with Gasteiger partial charge in [-0.05, 0) is 139 Å². The van der Waals surface area contributed by atoms with Crippen LogP contribution in [0.5, 0.6) is 0 Å². The van der Waals surface area contributed by atoms with Gasteiger partial charge in [0.1, 0.15) is 11.7 Å². The maximum Gasteiger partial charge on any atom is 0.312 e. The Morgan fingerprint density at radius 3 is 2.13 bits per heavy atom. The minimum atomic E-state index is -0.925. The highest BCUT2D eigenvalue weighted by Crippen LogP contribution is 2.77. The normalized spacial score (nSPS) is 43.3. The van der Waals surface area contributed by atoms with Crippen molar-refractivity contribution in [3.8, 4) is 0 Å². The van der Waals surface area contributed by atoms with Crippen molar-refractivity contribution in [2.45, 2.75) is 172 Å². The predicted molar refractivity (Wildman–Crippen MR) is 183 cm³/mol. The number of esters is 2. The van der Waals surface area contributed by atoms with E-state index in [2.05, 4.69) is 48.5 Å². The molecule has 0 aromatic rings. The van der Waals surface area contributed by atoms with E-state index < -0.39 is 11.0 Å². The zero-order valence-electron chi connectivity index (χ0n) is 31.5. The Kier molecular flexibility index (Phi) is 8.11. The fourth-order valence-corrected chi connectivity index (χ4v) is 12.8. The molecular weight excluding hydrogens is 572 g/mol. The van der Waals surface area contributed by atoms with Crippen LogP contribution < -0.4 is 0 Å². The lowest BCUT2D eigenvalue weighted by molar-refractivity contribution is -0.234. The van der Waals surface area contributed by atoms with E-state index in [1.807, 2.05) is 26.3 Å². The molecule has 9 atom stereocenters. The Morgan fingerprint density at radius 1 is 0.848 bits per heavy atom. The summed E-state index contributed by atoms with van der Waals surface area (Å²) in [6.45, 7) is 27.8. The summed E-state index contributed by atoms with van der Waals surface area (Å²) >= 11 is 0. The van der Waals surface area contributed by atoms with Gasteiger partial charge >= 0.3 is 11.9 Å². The third-order valence-corrected chi connectivity index (χ3v) is 15.4. The summed E-state index contributed by atoms with van der Waals surface area (Å²) in [6, 6.07) is 0. The van der Waals surface area contributed by atoms with Gasteiger partial charge in [0.05, 0.1) is 24.5 Å². The van der Waals surface area contributed by atoms with E-state index in [0.29, 0.717) is 46.0 Å². The van der Waals surface area contributed by atoms with Crippen LogP contribution in [-0.2, 0) is 23.8 Å². The van der Waals surface area contributed by atoms with Gasteiger partial charge in [0.15, 0.2) is 0 Å². The highest BCUT2D eigenvalue weighted by atomic mass is 16.6. The zero-order valence-corrected chi connectivity index (χ0v) is 31.5. The molecule has 0 aromatic carbocycles. The van der Waals surface area contributed by atoms with E-state index in [0.717, 1.165) is 19.4 Å². The first-order chi connectivity index (χ1) is 21.1. The summed E-state index contributed by atoms with van der Waals surface area (Å²) < 4.78 is 18.1. The summed E-state index contributed by atoms with van der Waals surface area (Å²) in [5.74, 6) is 1.87. The second-order valence-corrected chi connectivity index (χ2v) is 20.1. The molecule has 5 heteroatoms. The van der Waals surface area contributed by atoms with Crippen molar-refractivity contribution >= 4 is 11.9 Å². The largest absolute Gasteiger partial charge is 0.462 e. The standard InChI is InChI=1S/C41H66O5/c1-25(2)26-15-20-41(31-24-44-31)22-21-39(11)27(33(26)41)13-14-29-38(10)18-17-30(37(8,9)28(38)16-19-40(29,39)12)45-32(42)23-36(6,7)34(43)46-35(3,4)5/h25,27-31H,13-24H2,1-12H3/t27-,28+,29-,30+,31+,38+,39-,40-,41-/m1/s1. The van der Waals surface area contributed by atoms with Crippen molar-refractivity contribution in [1.29, 1.82) is 0 Å². The first-order valence-electron chi connectivity index (χ1n) is 18.9. The smallest absolute Gasteiger partial charge is 0.312 e. The molecule has 0 bridgehead atoms. The lowest BCUT2D eigenvalue weighted by Crippen LogP contribution is -2.66. The zero-order chi connectivity index (χ0) is 33.9. The Bertz CT molecular complexity index is 1280. The van der Waals surface area contributed by atoms with E-state index >= 15 is 0 Å². The van der Waals surface area contributed by atoms with Crippen molar-refractivity contribution in [3.63, 3.8) is 0 Å². The lowest BCUT2D eigenvalue weighted by atomic mass is 9.33. The fraction of sp³-hybridized carbons (Fsp3) is 0.902. The van der Waals surface area contributed by atoms with Crippen LogP contribution in [0.2, 0.25) is 0 Å². The van der Waals surface area contributed by atoms with Crippen LogP contribution in [0.3, 0.4) is 0 Å². The van der Waals surface area contributed by atoms with Gasteiger partial charge in [-0.25, -0.2) is 0 Å². The number of hydrogen-bond donors (Lipinski definition) is 0. The molecule has 5 aliphatic carbocycles. The Labute approximate surface area is 280 Å². The monoisotopic (exact) mass is 638 g/mol. The van der Waals surface area contributed by atoms with Gasteiger partial charge in [-0.2, -0.15) is 0 Å². The van der Waals surface area contributed by atoms with Crippen molar-refractivity contribution in [2.75, 3.05) is 6.61 Å². The molecule has 0 spiro atoms. The second kappa shape index (κ2) is 10.8. The Morgan fingerprint density at radius 2 is 1.52 bits per heavy atom. The fourth-order valence-electron chi connectivity index (χ4n) is 12.8. The van der Waals surface area contributed by atoms with Gasteiger partial charge in [-0.1, -0.05) is 59.6 Å². The molecule has 6 aliphatic rings. The third kappa shape index (κ3) is 5.08. The van der Waals surface area contributed by atoms with Crippen LogP contribution in [0, 0.1) is 56.2 Å². The number of rotatable bonds is 6. The van der Waals surface area contributed by atoms with Crippen molar-refractivity contribution in [1.82, 2.24) is 0 Å². The van der Waals surface area contributed by atoms with E-state index in [1.165, 1.54) is 51.4 Å². The SMILES string of the molecule is CC(C)C1=C2[C@H]3CC[C@@H]4[C@@]5(C)CC[C@H](OC(=O)CC(C)(C)C(=O)OC(C)(C)C)C(C)(C)[C@@H]5CC[C@@]4(C)[C@]3(C)CC[C@@]2([C@@H]2CO2)CC1. The topological polar surface area (TPSA) is 65.1 Å². The van der Waals surface area contributed by atoms with Crippen LogP contribution in [0.15, 0.2) is 11.1 Å². The molecule has 1 aliphatic heterocycles. The molecule has 0 aromatic heterocycles. The Hall–Kier alpha value is -1.36. The number of fused-ring (bicyclic) bond motifs is 7. The number of epoxide rings is 1. The van der Waals surface area contributed by atoms with E-state index in [1.54, 1.807) is 19.4 Å². The van der Waals surface area contributed by atoms with Gasteiger partial charge in [0.2, 0.25) is 0 Å². The van der Waals surface area contributed by atoms with Gasteiger partial charge in [0.25, 0.3) is 0 Å². The summed E-state index contributed by atoms with van der Waals surface area (Å²) in [6.07, 6.45) is 12.7. The van der Waals surface area contributed by atoms with E-state index in [-0.39, 0.29) is 35.3 Å². The summed E-state index contributed by atoms with van der Waals surface area (Å²) in [4.78, 5) is 26.3. The highest BCUT2D eigenvalue weighted by molar-refractivity contribution is 5.83. The van der Waals surface area contributed by atoms with Gasteiger partial charge in [-0.3, -0.25) is 9.59 Å². The number of carbonyl (C=O) groups excluding carboxylic acids is 2. The molecular formula is C41H66O5. The quantitative estimate of drug-likeness (QED) is 0.165. The van der Waals surface area contributed by atoms with E-state index in [9.17, 15) is 9.59 Å². The predicted octanol–water partition coefficient (Wildman–Crippen LogP) is 9.86. The van der Waals surface area contributed by atoms with Crippen LogP contribution in [0.25, 0.3) is 0 Å². The molecule has 0 unspecified atom stereocenters. The van der Waals surface area contributed by atoms with Crippen molar-refractivity contribution < 1.29 is 23.8 Å². The van der Waals surface area contributed by atoms with Crippen molar-refractivity contribution in [2.24, 2.45) is 56.2 Å². The van der Waals surface area contributed by atoms with Gasteiger partial charge in [-0.15, -0.1) is 0 Å². The first kappa shape index (κ1) is 34.5. The highest BCUT2D eigenvalue weighted by Gasteiger charge is 2.71. The van der Waals surface area contributed by atoms with Crippen LogP contribution in [0.1, 0.15) is 154 Å². The minimum absolute atomic E-state index is 0.0402. The van der Waals surface area contributed by atoms with Crippen LogP contribution in [0.4, 0.5) is 0 Å². The summed E-state index contributed by atoms with van der Waals surface area (Å²) in [7, 11) is 0. The summed E-state index contributed by atoms with van der Waals surface area (Å²) in [5, 5.41) is 0. The molecule has 5 fully saturated rings. The molecule has 5 nitrogen and oxygen atoms in total. The number of allylic oxidation sites excluding steroid dienone is 1. The second-order valence-electron chi connectivity index (χ2n) is 20.1. The maximum atomic E-state index is 13.4. The molecule has 0 amide bonds. The molecule has 260 valence electrons. The molecule has 0 N–H and O–H groups in total. The van der Waals surface area contributed by atoms with Gasteiger partial charge < -0.3 is 14.2 Å². The molecule has 4 saturated carbocycles. The minimum Gasteiger partial charge on any atom is -0.462 e. The van der Waals surface area contributed by atoms with Crippen LogP contribution in [-0.4, -0.2) is 36.4 Å². The molecule has 0 radical (unpaired) electrons. The summed E-state index contributed by atoms with van der Waals surface area (Å²) in [5.41, 5.74) is 3.17. The average molecular weight is 639 g/mol. The molecule has 1 heterocycles. The lowest BCUT2D eigenvalue weighted by Gasteiger charge is -2.72. The van der Waals surface area contributed by atoms with E-state index in [4.69, 9.17) is 14.2 Å². The number of carbonyl (C=O) groups is 2. The van der Waals surface area contributed by atoms with Crippen molar-refractivity contribution in [3.05, 3.63) is 11.1 Å². The van der Waals surface area contributed by atoms with Gasteiger partial charge in [0, 0.05) is 10.8 Å². The number of hydrogen-bond acceptors (Lipinski definition) is 5. The van der Waals surface area contributed by atoms with Crippen LogP contribution >= 0.6 is 0 Å². The molecule has 46 heavy (non-hydrogen) atoms. The maximum absolute atomic E-state index is 13.4. The molecule has 1 saturated heterocycles. The Balaban J connectivity index is 1.22. The third-order valence-electron chi connectivity index (χ3n) is 15.4. The molecule has 6 rings (SSSR count). The number of ether oxygens (including phenoxy) is 3.